The van der Waals surface area contributed by atoms with Gasteiger partial charge in [0, 0.05) is 14.1 Å². The summed E-state index contributed by atoms with van der Waals surface area (Å²) in [5.41, 5.74) is 0. The van der Waals surface area contributed by atoms with Crippen molar-refractivity contribution in [1.29, 1.82) is 0 Å². The van der Waals surface area contributed by atoms with Crippen LogP contribution < -0.4 is 0 Å². The fourth-order valence-electron chi connectivity index (χ4n) is 0.441. The van der Waals surface area contributed by atoms with Crippen LogP contribution in [0.25, 0.3) is 0 Å². The summed E-state index contributed by atoms with van der Waals surface area (Å²) in [6.07, 6.45) is 0.681. The van der Waals surface area contributed by atoms with Crippen LogP contribution in [0.3, 0.4) is 0 Å². The molecule has 0 rings (SSSR count). The smallest absolute Gasteiger partial charge is 0.212 e. The minimum atomic E-state index is -2.91. The second-order valence-corrected chi connectivity index (χ2v) is 4.40. The average molecular weight is 181 g/mol. The summed E-state index contributed by atoms with van der Waals surface area (Å²) in [7, 11) is 0.178. The van der Waals surface area contributed by atoms with E-state index in [4.69, 9.17) is 0 Å². The van der Waals surface area contributed by atoms with Gasteiger partial charge in [0.2, 0.25) is 10.0 Å². The van der Waals surface area contributed by atoms with Crippen molar-refractivity contribution < 1.29 is 8.42 Å². The summed E-state index contributed by atoms with van der Waals surface area (Å²) in [4.78, 5) is 0. The molecule has 4 heteroatoms. The Hall–Kier alpha value is -0.0900. The van der Waals surface area contributed by atoms with Gasteiger partial charge in [-0.15, -0.1) is 0 Å². The molecule has 0 saturated carbocycles. The van der Waals surface area contributed by atoms with Gasteiger partial charge in [0.25, 0.3) is 0 Å². The fraction of sp³-hybridized carbons (Fsp3) is 1.00. The lowest BCUT2D eigenvalue weighted by Crippen LogP contribution is -2.24. The van der Waals surface area contributed by atoms with Gasteiger partial charge in [0.05, 0.1) is 5.75 Å². The molecule has 11 heavy (non-hydrogen) atoms. The van der Waals surface area contributed by atoms with Crippen molar-refractivity contribution in [1.82, 2.24) is 4.31 Å². The monoisotopic (exact) mass is 181 g/mol. The second-order valence-electron chi connectivity index (χ2n) is 2.10. The third kappa shape index (κ3) is 6.31. The summed E-state index contributed by atoms with van der Waals surface area (Å²) >= 11 is 0. The summed E-state index contributed by atoms with van der Waals surface area (Å²) in [5, 5.41) is 0. The van der Waals surface area contributed by atoms with Gasteiger partial charge in [0.15, 0.2) is 0 Å². The lowest BCUT2D eigenvalue weighted by Gasteiger charge is -2.08. The minimum absolute atomic E-state index is 0.250. The van der Waals surface area contributed by atoms with E-state index in [2.05, 4.69) is 0 Å². The summed E-state index contributed by atoms with van der Waals surface area (Å²) < 4.78 is 23.0. The van der Waals surface area contributed by atoms with Gasteiger partial charge < -0.3 is 0 Å². The molecule has 0 N–H and O–H groups in total. The van der Waals surface area contributed by atoms with Crippen molar-refractivity contribution >= 4 is 10.0 Å². The van der Waals surface area contributed by atoms with E-state index in [9.17, 15) is 8.42 Å². The highest BCUT2D eigenvalue weighted by molar-refractivity contribution is 7.89. The predicted octanol–water partition coefficient (Wildman–Crippen LogP) is 1.31. The van der Waals surface area contributed by atoms with Crippen LogP contribution in [0.4, 0.5) is 0 Å². The van der Waals surface area contributed by atoms with Crippen molar-refractivity contribution in [3.8, 4) is 0 Å². The van der Waals surface area contributed by atoms with Crippen molar-refractivity contribution in [2.45, 2.75) is 27.2 Å². The zero-order valence-electron chi connectivity index (χ0n) is 8.09. The topological polar surface area (TPSA) is 37.4 Å². The highest BCUT2D eigenvalue weighted by atomic mass is 32.2. The Morgan fingerprint density at radius 1 is 1.18 bits per heavy atom. The van der Waals surface area contributed by atoms with Crippen molar-refractivity contribution in [3.63, 3.8) is 0 Å². The Labute approximate surface area is 70.5 Å². The first-order chi connectivity index (χ1) is 5.00. The molecule has 0 aliphatic carbocycles. The van der Waals surface area contributed by atoms with Gasteiger partial charge in [-0.2, -0.15) is 0 Å². The molecule has 0 radical (unpaired) electrons. The molecule has 0 aliphatic heterocycles. The van der Waals surface area contributed by atoms with Gasteiger partial charge in [0.1, 0.15) is 0 Å². The third-order valence-corrected chi connectivity index (χ3v) is 3.06. The van der Waals surface area contributed by atoms with Crippen LogP contribution >= 0.6 is 0 Å². The SMILES string of the molecule is CC.CCCS(=O)(=O)N(C)C. The zero-order chi connectivity index (χ0) is 9.49. The average Bonchev–Trinajstić information content (AvgIpc) is 1.92. The van der Waals surface area contributed by atoms with Gasteiger partial charge >= 0.3 is 0 Å². The van der Waals surface area contributed by atoms with Gasteiger partial charge in [-0.25, -0.2) is 12.7 Å². The minimum Gasteiger partial charge on any atom is -0.212 e. The van der Waals surface area contributed by atoms with E-state index < -0.39 is 10.0 Å². The highest BCUT2D eigenvalue weighted by Gasteiger charge is 2.10. The van der Waals surface area contributed by atoms with Crippen LogP contribution in [0.15, 0.2) is 0 Å². The van der Waals surface area contributed by atoms with Gasteiger partial charge in [-0.05, 0) is 6.42 Å². The molecule has 3 nitrogen and oxygen atoms in total. The molecule has 0 unspecified atom stereocenters. The molecule has 0 spiro atoms. The molecule has 0 aliphatic rings. The number of sulfonamides is 1. The quantitative estimate of drug-likeness (QED) is 0.658. The number of hydrogen-bond acceptors (Lipinski definition) is 2. The lowest BCUT2D eigenvalue weighted by atomic mass is 10.6. The largest absolute Gasteiger partial charge is 0.213 e. The Morgan fingerprint density at radius 2 is 1.55 bits per heavy atom. The lowest BCUT2D eigenvalue weighted by molar-refractivity contribution is 0.519. The van der Waals surface area contributed by atoms with Gasteiger partial charge in [-0.1, -0.05) is 20.8 Å². The fourth-order valence-corrected chi connectivity index (χ4v) is 1.32. The van der Waals surface area contributed by atoms with Gasteiger partial charge in [-0.3, -0.25) is 0 Å². The summed E-state index contributed by atoms with van der Waals surface area (Å²) in [6.45, 7) is 5.85. The highest BCUT2D eigenvalue weighted by Crippen LogP contribution is 1.94. The van der Waals surface area contributed by atoms with Crippen LogP contribution in [0.1, 0.15) is 27.2 Å². The molecular formula is C7H19NO2S. The van der Waals surface area contributed by atoms with Crippen molar-refractivity contribution in [2.75, 3.05) is 19.8 Å². The van der Waals surface area contributed by atoms with E-state index >= 15 is 0 Å². The van der Waals surface area contributed by atoms with Crippen LogP contribution in [-0.4, -0.2) is 32.6 Å². The standard InChI is InChI=1S/C5H13NO2S.C2H6/c1-4-5-9(7,8)6(2)3;1-2/h4-5H2,1-3H3;1-2H3. The number of rotatable bonds is 3. The van der Waals surface area contributed by atoms with Crippen LogP contribution in [-0.2, 0) is 10.0 Å². The number of hydrogen-bond donors (Lipinski definition) is 0. The van der Waals surface area contributed by atoms with Crippen LogP contribution in [0, 0.1) is 0 Å². The van der Waals surface area contributed by atoms with E-state index in [-0.39, 0.29) is 5.75 Å². The number of nitrogens with zero attached hydrogens (tertiary/aromatic N) is 1. The Bertz CT molecular complexity index is 161. The molecule has 70 valence electrons. The molecule has 0 aromatic rings. The Morgan fingerprint density at radius 3 is 1.64 bits per heavy atom. The molecule has 0 heterocycles. The molecule has 0 fully saturated rings. The maximum Gasteiger partial charge on any atom is 0.213 e. The normalized spacial score (nSPS) is 10.7. The maximum absolute atomic E-state index is 10.9. The molecule has 0 aromatic heterocycles. The molecule has 0 saturated heterocycles. The summed E-state index contributed by atoms with van der Waals surface area (Å²) in [6, 6.07) is 0. The molecule has 0 amide bonds. The molecule has 0 atom stereocenters. The van der Waals surface area contributed by atoms with E-state index in [0.717, 1.165) is 0 Å². The predicted molar refractivity (Wildman–Crippen MR) is 49.1 cm³/mol. The van der Waals surface area contributed by atoms with Crippen molar-refractivity contribution in [3.05, 3.63) is 0 Å². The van der Waals surface area contributed by atoms with E-state index in [0.29, 0.717) is 6.42 Å². The molecule has 0 aromatic carbocycles. The Kier molecular flexibility index (Phi) is 8.11. The zero-order valence-corrected chi connectivity index (χ0v) is 8.90. The van der Waals surface area contributed by atoms with E-state index in [1.54, 1.807) is 14.1 Å². The maximum atomic E-state index is 10.9. The Balaban J connectivity index is 0. The summed E-state index contributed by atoms with van der Waals surface area (Å²) in [5.74, 6) is 0.250. The van der Waals surface area contributed by atoms with E-state index in [1.807, 2.05) is 20.8 Å². The second kappa shape index (κ2) is 6.61. The first-order valence-corrected chi connectivity index (χ1v) is 5.52. The molecule has 0 bridgehead atoms. The van der Waals surface area contributed by atoms with Crippen LogP contribution in [0.2, 0.25) is 0 Å². The van der Waals surface area contributed by atoms with E-state index in [1.165, 1.54) is 4.31 Å². The van der Waals surface area contributed by atoms with Crippen LogP contribution in [0.5, 0.6) is 0 Å². The van der Waals surface area contributed by atoms with Crippen molar-refractivity contribution in [2.24, 2.45) is 0 Å². The third-order valence-electron chi connectivity index (χ3n) is 1.02. The first kappa shape index (κ1) is 13.5. The molecular weight excluding hydrogens is 162 g/mol. The first-order valence-electron chi connectivity index (χ1n) is 3.91.